The first-order chi connectivity index (χ1) is 15.4. The van der Waals surface area contributed by atoms with Gasteiger partial charge in [0.25, 0.3) is 5.91 Å². The van der Waals surface area contributed by atoms with E-state index in [1.807, 2.05) is 13.0 Å². The number of anilines is 2. The topological polar surface area (TPSA) is 68.2 Å². The van der Waals surface area contributed by atoms with Crippen LogP contribution in [-0.4, -0.2) is 25.0 Å². The molecule has 4 aliphatic rings. The van der Waals surface area contributed by atoms with Crippen LogP contribution in [0.1, 0.15) is 64.9 Å². The summed E-state index contributed by atoms with van der Waals surface area (Å²) < 4.78 is 0. The molecule has 1 aromatic carbocycles. The van der Waals surface area contributed by atoms with Crippen LogP contribution < -0.4 is 27.9 Å². The van der Waals surface area contributed by atoms with E-state index in [1.165, 1.54) is 44.2 Å². The van der Waals surface area contributed by atoms with E-state index >= 15 is 0 Å². The van der Waals surface area contributed by atoms with E-state index in [2.05, 4.69) is 54.5 Å². The molecule has 0 saturated heterocycles. The van der Waals surface area contributed by atoms with E-state index in [4.69, 9.17) is 0 Å². The number of nitriles is 1. The Morgan fingerprint density at radius 2 is 1.76 bits per heavy atom. The van der Waals surface area contributed by atoms with Crippen molar-refractivity contribution in [3.05, 3.63) is 35.5 Å². The predicted molar refractivity (Wildman–Crippen MR) is 130 cm³/mol. The van der Waals surface area contributed by atoms with Crippen molar-refractivity contribution in [3.63, 3.8) is 0 Å². The molecule has 0 aromatic heterocycles. The first kappa shape index (κ1) is 25.4. The molecule has 1 atom stereocenters. The van der Waals surface area contributed by atoms with Gasteiger partial charge in [-0.1, -0.05) is 0 Å². The highest BCUT2D eigenvalue weighted by Gasteiger charge is 2.53. The number of nitrogens with one attached hydrogen (secondary N) is 2. The van der Waals surface area contributed by atoms with Crippen molar-refractivity contribution in [2.24, 2.45) is 23.2 Å². The van der Waals surface area contributed by atoms with Crippen LogP contribution in [-0.2, 0) is 4.79 Å². The molecule has 4 aliphatic carbocycles. The summed E-state index contributed by atoms with van der Waals surface area (Å²) in [7, 11) is 0. The number of benzene rings is 1. The summed E-state index contributed by atoms with van der Waals surface area (Å²) in [5.74, 6) is 2.27. The van der Waals surface area contributed by atoms with Crippen molar-refractivity contribution in [3.8, 4) is 6.07 Å². The minimum atomic E-state index is -0.263. The number of rotatable bonds is 8. The monoisotopic (exact) mass is 469 g/mol. The Bertz CT molecular complexity index is 895. The Kier molecular flexibility index (Phi) is 8.00. The number of hydrogen-bond donors (Lipinski definition) is 2. The molecular weight excluding hydrogens is 432 g/mol. The Hall–Kier alpha value is -2.19. The van der Waals surface area contributed by atoms with Gasteiger partial charge in [0.2, 0.25) is 0 Å². The summed E-state index contributed by atoms with van der Waals surface area (Å²) in [5.41, 5.74) is 3.55. The highest BCUT2D eigenvalue weighted by molar-refractivity contribution is 5.97. The van der Waals surface area contributed by atoms with Crippen LogP contribution in [0.15, 0.2) is 30.0 Å². The molecule has 0 heterocycles. The molecule has 5 nitrogen and oxygen atoms in total. The molecule has 0 spiro atoms. The Labute approximate surface area is 205 Å². The molecule has 6 heteroatoms. The van der Waals surface area contributed by atoms with Crippen molar-refractivity contribution >= 4 is 17.3 Å². The lowest BCUT2D eigenvalue weighted by Gasteiger charge is -2.59. The maximum atomic E-state index is 13.0. The second kappa shape index (κ2) is 10.4. The summed E-state index contributed by atoms with van der Waals surface area (Å²) >= 11 is 0. The molecule has 4 fully saturated rings. The summed E-state index contributed by atoms with van der Waals surface area (Å²) in [6.07, 6.45) is 9.44. The van der Waals surface area contributed by atoms with Gasteiger partial charge < -0.3 is 27.9 Å². The average molecular weight is 470 g/mol. The molecule has 1 amide bonds. The van der Waals surface area contributed by atoms with Crippen LogP contribution in [0.5, 0.6) is 0 Å². The van der Waals surface area contributed by atoms with Gasteiger partial charge in [-0.3, -0.25) is 4.79 Å². The molecular formula is C27H38ClN4O-. The fourth-order valence-corrected chi connectivity index (χ4v) is 7.03. The fourth-order valence-electron chi connectivity index (χ4n) is 7.03. The van der Waals surface area contributed by atoms with Gasteiger partial charge in [-0.15, -0.1) is 0 Å². The van der Waals surface area contributed by atoms with Crippen molar-refractivity contribution in [2.45, 2.75) is 72.3 Å². The number of carbonyl (C=O) groups excluding carboxylic acids is 1. The average Bonchev–Trinajstić information content (AvgIpc) is 2.75. The molecule has 5 rings (SSSR count). The van der Waals surface area contributed by atoms with Crippen molar-refractivity contribution in [1.82, 2.24) is 5.32 Å². The number of amides is 1. The number of halogens is 1. The minimum Gasteiger partial charge on any atom is -1.00 e. The lowest BCUT2D eigenvalue weighted by atomic mass is 9.48. The third kappa shape index (κ3) is 5.17. The number of aryl methyl sites for hydroxylation is 1. The Balaban J connectivity index is 0.00000306. The highest BCUT2D eigenvalue weighted by atomic mass is 35.5. The minimum absolute atomic E-state index is 0. The molecule has 0 radical (unpaired) electrons. The molecule has 33 heavy (non-hydrogen) atoms. The smallest absolute Gasteiger partial charge is 0.263 e. The third-order valence-corrected chi connectivity index (χ3v) is 8.43. The van der Waals surface area contributed by atoms with Gasteiger partial charge in [-0.2, -0.15) is 5.26 Å². The maximum Gasteiger partial charge on any atom is 0.263 e. The summed E-state index contributed by atoms with van der Waals surface area (Å²) in [6.45, 7) is 10.4. The second-order valence-electron chi connectivity index (χ2n) is 10.5. The van der Waals surface area contributed by atoms with Crippen molar-refractivity contribution in [1.29, 1.82) is 5.26 Å². The molecule has 1 aromatic rings. The van der Waals surface area contributed by atoms with Gasteiger partial charge >= 0.3 is 0 Å². The second-order valence-corrected chi connectivity index (χ2v) is 10.5. The van der Waals surface area contributed by atoms with Crippen LogP contribution >= 0.6 is 0 Å². The zero-order valence-electron chi connectivity index (χ0n) is 20.5. The molecule has 180 valence electrons. The highest BCUT2D eigenvalue weighted by Crippen LogP contribution is 2.61. The van der Waals surface area contributed by atoms with Crippen LogP contribution in [0, 0.1) is 41.4 Å². The van der Waals surface area contributed by atoms with E-state index in [0.717, 1.165) is 42.1 Å². The predicted octanol–water partition coefficient (Wildman–Crippen LogP) is 2.39. The van der Waals surface area contributed by atoms with Crippen LogP contribution in [0.4, 0.5) is 11.4 Å². The molecule has 0 aliphatic heterocycles. The van der Waals surface area contributed by atoms with E-state index in [0.29, 0.717) is 0 Å². The van der Waals surface area contributed by atoms with Gasteiger partial charge in [-0.05, 0) is 113 Å². The molecule has 4 bridgehead atoms. The summed E-state index contributed by atoms with van der Waals surface area (Å²) in [6, 6.07) is 8.45. The summed E-state index contributed by atoms with van der Waals surface area (Å²) in [4.78, 5) is 15.3. The maximum absolute atomic E-state index is 13.0. The number of hydrogen-bond acceptors (Lipinski definition) is 4. The van der Waals surface area contributed by atoms with E-state index < -0.39 is 0 Å². The zero-order chi connectivity index (χ0) is 22.9. The van der Waals surface area contributed by atoms with E-state index in [-0.39, 0.29) is 35.3 Å². The fraction of sp³-hybridized carbons (Fsp3) is 0.630. The summed E-state index contributed by atoms with van der Waals surface area (Å²) in [5, 5.41) is 16.0. The lowest BCUT2D eigenvalue weighted by Crippen LogP contribution is -3.00. The van der Waals surface area contributed by atoms with Gasteiger partial charge in [0.1, 0.15) is 11.6 Å². The van der Waals surface area contributed by atoms with Crippen LogP contribution in [0.2, 0.25) is 0 Å². The van der Waals surface area contributed by atoms with Gasteiger partial charge in [0.05, 0.1) is 0 Å². The molecule has 4 saturated carbocycles. The van der Waals surface area contributed by atoms with Crippen molar-refractivity contribution < 1.29 is 17.2 Å². The Morgan fingerprint density at radius 1 is 1.18 bits per heavy atom. The molecule has 2 N–H and O–H groups in total. The number of carbonyl (C=O) groups is 1. The normalized spacial score (nSPS) is 28.5. The van der Waals surface area contributed by atoms with Crippen LogP contribution in [0.3, 0.4) is 0 Å². The quantitative estimate of drug-likeness (QED) is 0.453. The largest absolute Gasteiger partial charge is 1.00 e. The van der Waals surface area contributed by atoms with E-state index in [1.54, 1.807) is 6.20 Å². The molecule has 1 unspecified atom stereocenters. The van der Waals surface area contributed by atoms with E-state index in [9.17, 15) is 10.1 Å². The third-order valence-electron chi connectivity index (χ3n) is 8.43. The van der Waals surface area contributed by atoms with Crippen LogP contribution in [0.25, 0.3) is 0 Å². The first-order valence-corrected chi connectivity index (χ1v) is 12.4. The first-order valence-electron chi connectivity index (χ1n) is 12.4. The van der Waals surface area contributed by atoms with Gasteiger partial charge in [-0.25, -0.2) is 0 Å². The van der Waals surface area contributed by atoms with Gasteiger partial charge in [0, 0.05) is 36.7 Å². The lowest BCUT2D eigenvalue weighted by molar-refractivity contribution is -0.122. The number of nitrogens with zero attached hydrogens (tertiary/aromatic N) is 2. The zero-order valence-corrected chi connectivity index (χ0v) is 21.2. The standard InChI is InChI=1S/C27H38N4O.ClH/c1-5-31(6-2)24-7-8-25(18(3)9-24)29-17-23(16-28)26(32)30-19(4)27-13-20-10-21(14-27)12-22(11-20)15-27;/h7-9,17,19-22,29H,5-6,10-15H2,1-4H3,(H,30,32);1H/p-1/b23-17-;. The Morgan fingerprint density at radius 3 is 2.24 bits per heavy atom. The van der Waals surface area contributed by atoms with Gasteiger partial charge in [0.15, 0.2) is 0 Å². The SMILES string of the molecule is CCN(CC)c1ccc(N/C=C(/C#N)C(=O)NC(C)C23CC4CC(CC(C4)C2)C3)c(C)c1.[Cl-]. The van der Waals surface area contributed by atoms with Crippen molar-refractivity contribution in [2.75, 3.05) is 23.3 Å².